The third-order valence-electron chi connectivity index (χ3n) is 3.08. The Kier molecular flexibility index (Phi) is 6.07. The lowest BCUT2D eigenvalue weighted by atomic mass is 10.1. The fraction of sp³-hybridized carbons (Fsp3) is 0.818. The Hall–Kier alpha value is -0.390. The van der Waals surface area contributed by atoms with Crippen molar-refractivity contribution in [3.63, 3.8) is 0 Å². The molecule has 0 spiro atoms. The van der Waals surface area contributed by atoms with Crippen molar-refractivity contribution in [3.05, 3.63) is 10.5 Å². The molecule has 0 aromatic rings. The molecule has 1 fully saturated rings. The Morgan fingerprint density at radius 2 is 1.25 bits per heavy atom. The monoisotopic (exact) mass is 416 g/mol. The smallest absolute Gasteiger partial charge is 0.190 e. The van der Waals surface area contributed by atoms with Gasteiger partial charge in [-0.1, -0.05) is 6.42 Å². The molecule has 0 radical (unpaired) electrons. The van der Waals surface area contributed by atoms with Crippen molar-refractivity contribution in [1.29, 1.82) is 0 Å². The zero-order valence-corrected chi connectivity index (χ0v) is 12.8. The summed E-state index contributed by atoms with van der Waals surface area (Å²) in [5, 5.41) is -2.54. The van der Waals surface area contributed by atoms with Crippen LogP contribution in [0.5, 0.6) is 0 Å². The molecule has 1 aliphatic rings. The van der Waals surface area contributed by atoms with Crippen LogP contribution in [-0.4, -0.2) is 35.1 Å². The van der Waals surface area contributed by atoms with Gasteiger partial charge in [-0.25, -0.2) is 0 Å². The molecule has 24 heavy (non-hydrogen) atoms. The van der Waals surface area contributed by atoms with Crippen LogP contribution in [0.2, 0.25) is 0 Å². The summed E-state index contributed by atoms with van der Waals surface area (Å²) in [6.45, 7) is 0. The Bertz CT molecular complexity index is 472. The van der Waals surface area contributed by atoms with Crippen LogP contribution in [0.4, 0.5) is 48.3 Å². The van der Waals surface area contributed by atoms with Crippen molar-refractivity contribution in [3.8, 4) is 0 Å². The first-order chi connectivity index (χ1) is 10.5. The largest absolute Gasteiger partial charge is 0.458 e. The zero-order chi connectivity index (χ0) is 19.1. The number of hydrogen-bond donors (Lipinski definition) is 0. The Morgan fingerprint density at radius 3 is 1.54 bits per heavy atom. The molecular weight excluding hydrogens is 409 g/mol. The van der Waals surface area contributed by atoms with E-state index < -0.39 is 57.3 Å². The van der Waals surface area contributed by atoms with E-state index in [1.54, 1.807) is 0 Å². The molecule has 0 aliphatic heterocycles. The third-order valence-corrected chi connectivity index (χ3v) is 5.31. The number of rotatable bonds is 3. The number of allylic oxidation sites excluding steroid dienone is 2. The highest BCUT2D eigenvalue weighted by atomic mass is 35.5. The molecule has 1 aliphatic carbocycles. The van der Waals surface area contributed by atoms with Gasteiger partial charge in [0.25, 0.3) is 0 Å². The molecule has 0 saturated heterocycles. The first-order valence-electron chi connectivity index (χ1n) is 6.14. The van der Waals surface area contributed by atoms with Crippen molar-refractivity contribution in [1.82, 2.24) is 0 Å². The molecule has 13 heteroatoms. The fourth-order valence-corrected chi connectivity index (χ4v) is 3.92. The van der Waals surface area contributed by atoms with Crippen LogP contribution in [0.1, 0.15) is 19.3 Å². The lowest BCUT2D eigenvalue weighted by molar-refractivity contribution is -0.264. The van der Waals surface area contributed by atoms with Crippen LogP contribution < -0.4 is 0 Å². The standard InChI is InChI=1S/C11H8ClF11S/c12-4-2-1-3-5(4)24-7(8(13,14)11(21,22)23)6(9(15,16)17)10(18,19)20/h4-5H,1-3H2. The minimum absolute atomic E-state index is 0.0808. The second-order valence-corrected chi connectivity index (χ2v) is 6.69. The van der Waals surface area contributed by atoms with E-state index in [-0.39, 0.29) is 19.3 Å². The van der Waals surface area contributed by atoms with Crippen molar-refractivity contribution < 1.29 is 48.3 Å². The lowest BCUT2D eigenvalue weighted by Gasteiger charge is -2.29. The Balaban J connectivity index is 3.59. The molecule has 0 amide bonds. The van der Waals surface area contributed by atoms with Crippen LogP contribution in [0, 0.1) is 0 Å². The predicted octanol–water partition coefficient (Wildman–Crippen LogP) is 6.46. The Morgan fingerprint density at radius 1 is 0.792 bits per heavy atom. The van der Waals surface area contributed by atoms with Gasteiger partial charge >= 0.3 is 24.5 Å². The normalized spacial score (nSPS) is 23.5. The van der Waals surface area contributed by atoms with Crippen LogP contribution in [0.3, 0.4) is 0 Å². The second-order valence-electron chi connectivity index (χ2n) is 4.87. The van der Waals surface area contributed by atoms with Crippen LogP contribution in [0.25, 0.3) is 0 Å². The predicted molar refractivity (Wildman–Crippen MR) is 65.0 cm³/mol. The van der Waals surface area contributed by atoms with E-state index >= 15 is 0 Å². The molecule has 0 nitrogen and oxygen atoms in total. The maximum absolute atomic E-state index is 13.4. The molecular formula is C11H8ClF11S. The van der Waals surface area contributed by atoms with Gasteiger partial charge in [0.2, 0.25) is 0 Å². The van der Waals surface area contributed by atoms with Gasteiger partial charge in [-0.05, 0) is 12.8 Å². The summed E-state index contributed by atoms with van der Waals surface area (Å²) in [7, 11) is 0. The van der Waals surface area contributed by atoms with Gasteiger partial charge in [0, 0.05) is 10.6 Å². The first-order valence-corrected chi connectivity index (χ1v) is 7.45. The van der Waals surface area contributed by atoms with Crippen LogP contribution >= 0.6 is 23.4 Å². The van der Waals surface area contributed by atoms with Crippen molar-refractivity contribution in [2.75, 3.05) is 0 Å². The number of alkyl halides is 12. The molecule has 0 N–H and O–H groups in total. The summed E-state index contributed by atoms with van der Waals surface area (Å²) in [5.41, 5.74) is -3.86. The fourth-order valence-electron chi connectivity index (χ4n) is 2.00. The summed E-state index contributed by atoms with van der Waals surface area (Å²) in [6.07, 6.45) is -19.4. The van der Waals surface area contributed by atoms with E-state index in [0.29, 0.717) is 0 Å². The van der Waals surface area contributed by atoms with Crippen LogP contribution in [0.15, 0.2) is 10.5 Å². The van der Waals surface area contributed by atoms with E-state index in [4.69, 9.17) is 11.6 Å². The second kappa shape index (κ2) is 6.73. The summed E-state index contributed by atoms with van der Waals surface area (Å²) >= 11 is 4.78. The summed E-state index contributed by atoms with van der Waals surface area (Å²) in [5.74, 6) is -6.32. The van der Waals surface area contributed by atoms with Gasteiger partial charge in [-0.3, -0.25) is 0 Å². The Labute approximate surface area is 137 Å². The molecule has 0 bridgehead atoms. The molecule has 0 aromatic carbocycles. The molecule has 142 valence electrons. The van der Waals surface area contributed by atoms with E-state index in [1.165, 1.54) is 0 Å². The maximum Gasteiger partial charge on any atom is 0.458 e. The molecule has 1 saturated carbocycles. The lowest BCUT2D eigenvalue weighted by Crippen LogP contribution is -2.42. The van der Waals surface area contributed by atoms with Crippen molar-refractivity contribution in [2.45, 2.75) is 54.3 Å². The number of halogens is 12. The maximum atomic E-state index is 13.4. The van der Waals surface area contributed by atoms with E-state index in [1.807, 2.05) is 0 Å². The average Bonchev–Trinajstić information content (AvgIpc) is 2.69. The summed E-state index contributed by atoms with van der Waals surface area (Å²) in [4.78, 5) is -3.12. The highest BCUT2D eigenvalue weighted by molar-refractivity contribution is 8.03. The molecule has 2 unspecified atom stereocenters. The van der Waals surface area contributed by atoms with Gasteiger partial charge in [0.05, 0.1) is 4.91 Å². The van der Waals surface area contributed by atoms with Gasteiger partial charge in [0.1, 0.15) is 0 Å². The van der Waals surface area contributed by atoms with Crippen molar-refractivity contribution in [2.24, 2.45) is 0 Å². The van der Waals surface area contributed by atoms with E-state index in [9.17, 15) is 48.3 Å². The first kappa shape index (κ1) is 21.7. The SMILES string of the molecule is FC(F)(F)C(=C(SC1CCCC1Cl)C(F)(F)C(F)(F)F)C(F)(F)F. The summed E-state index contributed by atoms with van der Waals surface area (Å²) < 4.78 is 140. The molecule has 0 heterocycles. The highest BCUT2D eigenvalue weighted by Gasteiger charge is 2.66. The minimum atomic E-state index is -6.63. The minimum Gasteiger partial charge on any atom is -0.190 e. The quantitative estimate of drug-likeness (QED) is 0.376. The third kappa shape index (κ3) is 4.61. The van der Waals surface area contributed by atoms with Gasteiger partial charge in [-0.15, -0.1) is 23.4 Å². The molecule has 2 atom stereocenters. The topological polar surface area (TPSA) is 0 Å². The number of thioether (sulfide) groups is 1. The van der Waals surface area contributed by atoms with E-state index in [0.717, 1.165) is 0 Å². The van der Waals surface area contributed by atoms with Gasteiger partial charge < -0.3 is 0 Å². The molecule has 0 aromatic heterocycles. The van der Waals surface area contributed by atoms with Crippen molar-refractivity contribution >= 4 is 23.4 Å². The number of hydrogen-bond acceptors (Lipinski definition) is 1. The zero-order valence-electron chi connectivity index (χ0n) is 11.2. The average molecular weight is 417 g/mol. The van der Waals surface area contributed by atoms with Crippen LogP contribution in [-0.2, 0) is 0 Å². The highest BCUT2D eigenvalue weighted by Crippen LogP contribution is 2.55. The van der Waals surface area contributed by atoms with Gasteiger partial charge in [0.15, 0.2) is 5.57 Å². The summed E-state index contributed by atoms with van der Waals surface area (Å²) in [6, 6.07) is 0. The van der Waals surface area contributed by atoms with E-state index in [2.05, 4.69) is 0 Å². The van der Waals surface area contributed by atoms with Gasteiger partial charge in [-0.2, -0.15) is 48.3 Å². The molecule has 1 rings (SSSR count).